The van der Waals surface area contributed by atoms with Crippen LogP contribution in [0.2, 0.25) is 5.02 Å². The Morgan fingerprint density at radius 1 is 1.56 bits per heavy atom. The Bertz CT molecular complexity index is 437. The maximum atomic E-state index is 11.1. The van der Waals surface area contributed by atoms with Gasteiger partial charge in [-0.1, -0.05) is 17.7 Å². The summed E-state index contributed by atoms with van der Waals surface area (Å²) in [6, 6.07) is 5.83. The molecule has 0 aromatic heterocycles. The van der Waals surface area contributed by atoms with Gasteiger partial charge in [0.2, 0.25) is 5.91 Å². The molecule has 0 spiro atoms. The molecular formula is C13H17ClN2O2. The van der Waals surface area contributed by atoms with Crippen LogP contribution in [-0.4, -0.2) is 25.6 Å². The van der Waals surface area contributed by atoms with Gasteiger partial charge in [0.1, 0.15) is 5.75 Å². The summed E-state index contributed by atoms with van der Waals surface area (Å²) in [5.41, 5.74) is 0.950. The average molecular weight is 269 g/mol. The third kappa shape index (κ3) is 3.15. The lowest BCUT2D eigenvalue weighted by Gasteiger charge is -2.14. The van der Waals surface area contributed by atoms with E-state index in [0.717, 1.165) is 24.3 Å². The SMILES string of the molecule is COc1cccc(Cl)c1CNCC1CCC(=O)N1. The van der Waals surface area contributed by atoms with Crippen LogP contribution in [0.1, 0.15) is 18.4 Å². The van der Waals surface area contributed by atoms with Gasteiger partial charge in [-0.05, 0) is 18.6 Å². The number of nitrogens with one attached hydrogen (secondary N) is 2. The Hall–Kier alpha value is -1.26. The van der Waals surface area contributed by atoms with E-state index < -0.39 is 0 Å². The molecule has 0 aliphatic carbocycles. The summed E-state index contributed by atoms with van der Waals surface area (Å²) in [6.45, 7) is 1.38. The van der Waals surface area contributed by atoms with Gasteiger partial charge >= 0.3 is 0 Å². The van der Waals surface area contributed by atoms with E-state index in [1.807, 2.05) is 18.2 Å². The minimum Gasteiger partial charge on any atom is -0.496 e. The monoisotopic (exact) mass is 268 g/mol. The Morgan fingerprint density at radius 2 is 2.39 bits per heavy atom. The minimum atomic E-state index is 0.136. The highest BCUT2D eigenvalue weighted by Gasteiger charge is 2.20. The first-order valence-corrected chi connectivity index (χ1v) is 6.40. The lowest BCUT2D eigenvalue weighted by molar-refractivity contribution is -0.119. The molecule has 1 atom stereocenters. The van der Waals surface area contributed by atoms with E-state index in [0.29, 0.717) is 18.0 Å². The van der Waals surface area contributed by atoms with Crippen molar-refractivity contribution in [2.45, 2.75) is 25.4 Å². The van der Waals surface area contributed by atoms with Crippen LogP contribution in [0.4, 0.5) is 0 Å². The molecule has 18 heavy (non-hydrogen) atoms. The van der Waals surface area contributed by atoms with Crippen LogP contribution in [0.25, 0.3) is 0 Å². The van der Waals surface area contributed by atoms with Gasteiger partial charge in [0.05, 0.1) is 7.11 Å². The molecule has 1 aromatic rings. The van der Waals surface area contributed by atoms with Crippen molar-refractivity contribution in [3.8, 4) is 5.75 Å². The molecular weight excluding hydrogens is 252 g/mol. The van der Waals surface area contributed by atoms with E-state index in [4.69, 9.17) is 16.3 Å². The van der Waals surface area contributed by atoms with Crippen molar-refractivity contribution in [1.82, 2.24) is 10.6 Å². The van der Waals surface area contributed by atoms with E-state index in [9.17, 15) is 4.79 Å². The molecule has 1 aliphatic heterocycles. The van der Waals surface area contributed by atoms with E-state index >= 15 is 0 Å². The molecule has 1 heterocycles. The maximum absolute atomic E-state index is 11.1. The van der Waals surface area contributed by atoms with Crippen molar-refractivity contribution in [3.05, 3.63) is 28.8 Å². The fourth-order valence-corrected chi connectivity index (χ4v) is 2.34. The van der Waals surface area contributed by atoms with E-state index in [2.05, 4.69) is 10.6 Å². The highest BCUT2D eigenvalue weighted by Crippen LogP contribution is 2.25. The molecule has 98 valence electrons. The number of carbonyl (C=O) groups excluding carboxylic acids is 1. The Morgan fingerprint density at radius 3 is 3.06 bits per heavy atom. The summed E-state index contributed by atoms with van der Waals surface area (Å²) in [6.07, 6.45) is 1.52. The minimum absolute atomic E-state index is 0.136. The fraction of sp³-hybridized carbons (Fsp3) is 0.462. The van der Waals surface area contributed by atoms with Crippen LogP contribution in [0.15, 0.2) is 18.2 Å². The molecule has 0 bridgehead atoms. The number of amides is 1. The summed E-state index contributed by atoms with van der Waals surface area (Å²) >= 11 is 6.14. The summed E-state index contributed by atoms with van der Waals surface area (Å²) in [7, 11) is 1.63. The maximum Gasteiger partial charge on any atom is 0.220 e. The highest BCUT2D eigenvalue weighted by molar-refractivity contribution is 6.31. The van der Waals surface area contributed by atoms with Gasteiger partial charge in [0.25, 0.3) is 0 Å². The van der Waals surface area contributed by atoms with Gasteiger partial charge in [-0.25, -0.2) is 0 Å². The zero-order valence-electron chi connectivity index (χ0n) is 10.3. The van der Waals surface area contributed by atoms with Crippen LogP contribution < -0.4 is 15.4 Å². The molecule has 1 aromatic carbocycles. The first kappa shape index (κ1) is 13.2. The van der Waals surface area contributed by atoms with Crippen molar-refractivity contribution < 1.29 is 9.53 Å². The smallest absolute Gasteiger partial charge is 0.220 e. The van der Waals surface area contributed by atoms with Crippen molar-refractivity contribution >= 4 is 17.5 Å². The number of rotatable bonds is 5. The molecule has 1 fully saturated rings. The zero-order chi connectivity index (χ0) is 13.0. The second-order valence-electron chi connectivity index (χ2n) is 4.35. The third-order valence-electron chi connectivity index (χ3n) is 3.07. The summed E-state index contributed by atoms with van der Waals surface area (Å²) in [4.78, 5) is 11.1. The standard InChI is InChI=1S/C13H17ClN2O2/c1-18-12-4-2-3-11(14)10(12)8-15-7-9-5-6-13(17)16-9/h2-4,9,15H,5-8H2,1H3,(H,16,17). The van der Waals surface area contributed by atoms with Crippen LogP contribution >= 0.6 is 11.6 Å². The first-order chi connectivity index (χ1) is 8.70. The van der Waals surface area contributed by atoms with Crippen molar-refractivity contribution in [1.29, 1.82) is 0 Å². The van der Waals surface area contributed by atoms with Gasteiger partial charge in [-0.2, -0.15) is 0 Å². The van der Waals surface area contributed by atoms with Crippen LogP contribution in [0.5, 0.6) is 5.75 Å². The summed E-state index contributed by atoms with van der Waals surface area (Å²) in [5, 5.41) is 6.91. The second-order valence-corrected chi connectivity index (χ2v) is 4.76. The lowest BCUT2D eigenvalue weighted by atomic mass is 10.2. The van der Waals surface area contributed by atoms with Crippen molar-refractivity contribution in [2.24, 2.45) is 0 Å². The second kappa shape index (κ2) is 6.07. The largest absolute Gasteiger partial charge is 0.496 e. The zero-order valence-corrected chi connectivity index (χ0v) is 11.1. The highest BCUT2D eigenvalue weighted by atomic mass is 35.5. The van der Waals surface area contributed by atoms with Gasteiger partial charge in [0, 0.05) is 36.1 Å². The topological polar surface area (TPSA) is 50.4 Å². The van der Waals surface area contributed by atoms with Crippen LogP contribution in [0, 0.1) is 0 Å². The number of hydrogen-bond acceptors (Lipinski definition) is 3. The molecule has 2 N–H and O–H groups in total. The summed E-state index contributed by atoms with van der Waals surface area (Å²) in [5.74, 6) is 0.919. The van der Waals surface area contributed by atoms with E-state index in [1.54, 1.807) is 7.11 Å². The third-order valence-corrected chi connectivity index (χ3v) is 3.43. The average Bonchev–Trinajstić information content (AvgIpc) is 2.77. The van der Waals surface area contributed by atoms with E-state index in [1.165, 1.54) is 0 Å². The number of halogens is 1. The number of ether oxygens (including phenoxy) is 1. The number of methoxy groups -OCH3 is 1. The lowest BCUT2D eigenvalue weighted by Crippen LogP contribution is -2.35. The Labute approximate surface area is 112 Å². The van der Waals surface area contributed by atoms with Crippen LogP contribution in [-0.2, 0) is 11.3 Å². The molecule has 1 unspecified atom stereocenters. The van der Waals surface area contributed by atoms with Gasteiger partial charge in [0.15, 0.2) is 0 Å². The molecule has 1 amide bonds. The Balaban J connectivity index is 1.88. The van der Waals surface area contributed by atoms with Gasteiger partial charge in [-0.15, -0.1) is 0 Å². The Kier molecular flexibility index (Phi) is 4.44. The van der Waals surface area contributed by atoms with E-state index in [-0.39, 0.29) is 11.9 Å². The quantitative estimate of drug-likeness (QED) is 0.855. The van der Waals surface area contributed by atoms with Gasteiger partial charge < -0.3 is 15.4 Å². The molecule has 2 rings (SSSR count). The molecule has 4 nitrogen and oxygen atoms in total. The number of hydrogen-bond donors (Lipinski definition) is 2. The van der Waals surface area contributed by atoms with Crippen LogP contribution in [0.3, 0.4) is 0 Å². The number of carbonyl (C=O) groups is 1. The molecule has 5 heteroatoms. The van der Waals surface area contributed by atoms with Crippen molar-refractivity contribution in [2.75, 3.05) is 13.7 Å². The number of benzene rings is 1. The molecule has 0 radical (unpaired) electrons. The predicted octanol–water partition coefficient (Wildman–Crippen LogP) is 1.72. The van der Waals surface area contributed by atoms with Crippen molar-refractivity contribution in [3.63, 3.8) is 0 Å². The fourth-order valence-electron chi connectivity index (χ4n) is 2.10. The van der Waals surface area contributed by atoms with Gasteiger partial charge in [-0.3, -0.25) is 4.79 Å². The first-order valence-electron chi connectivity index (χ1n) is 6.02. The molecule has 1 saturated heterocycles. The predicted molar refractivity (Wildman–Crippen MR) is 70.9 cm³/mol. The molecule has 1 aliphatic rings. The molecule has 0 saturated carbocycles. The normalized spacial score (nSPS) is 18.8. The summed E-state index contributed by atoms with van der Waals surface area (Å²) < 4.78 is 5.27.